The Morgan fingerprint density at radius 1 is 1.28 bits per heavy atom. The van der Waals surface area contributed by atoms with E-state index in [4.69, 9.17) is 4.42 Å². The lowest BCUT2D eigenvalue weighted by molar-refractivity contribution is -0.383. The fourth-order valence-corrected chi connectivity index (χ4v) is 3.83. The first-order chi connectivity index (χ1) is 14.1. The van der Waals surface area contributed by atoms with Crippen LogP contribution in [0.25, 0.3) is 0 Å². The molecule has 1 aliphatic carbocycles. The van der Waals surface area contributed by atoms with E-state index in [0.717, 1.165) is 29.6 Å². The molecule has 29 heavy (non-hydrogen) atoms. The minimum Gasteiger partial charge on any atom is -0.467 e. The lowest BCUT2D eigenvalue weighted by atomic mass is 10.2. The van der Waals surface area contributed by atoms with E-state index < -0.39 is 4.92 Å². The van der Waals surface area contributed by atoms with Gasteiger partial charge < -0.3 is 9.73 Å². The zero-order valence-corrected chi connectivity index (χ0v) is 16.3. The van der Waals surface area contributed by atoms with Crippen molar-refractivity contribution in [3.8, 4) is 0 Å². The van der Waals surface area contributed by atoms with Crippen LogP contribution in [0.2, 0.25) is 0 Å². The zero-order valence-electron chi connectivity index (χ0n) is 15.5. The maximum Gasteiger partial charge on any atom is 0.292 e. The molecule has 2 aromatic heterocycles. The first kappa shape index (κ1) is 19.2. The molecule has 1 N–H and O–H groups in total. The van der Waals surface area contributed by atoms with E-state index in [1.54, 1.807) is 18.4 Å². The summed E-state index contributed by atoms with van der Waals surface area (Å²) in [6.07, 6.45) is 4.05. The Hall–Kier alpha value is -3.14. The van der Waals surface area contributed by atoms with E-state index >= 15 is 0 Å². The molecule has 0 saturated heterocycles. The average molecular weight is 413 g/mol. The Morgan fingerprint density at radius 3 is 2.83 bits per heavy atom. The molecule has 0 unspecified atom stereocenters. The standard InChI is InChI=1S/C19H19N5O4S/c25-17(20-15-5-1-2-6-16(15)24(26)27)9-11-29-19-22-21-18(13-7-8-13)23(19)12-14-4-3-10-28-14/h1-6,10,13H,7-9,11-12H2,(H,20,25). The maximum absolute atomic E-state index is 12.2. The number of hydrogen-bond acceptors (Lipinski definition) is 7. The van der Waals surface area contributed by atoms with Gasteiger partial charge in [-0.05, 0) is 31.0 Å². The molecular formula is C19H19N5O4S. The van der Waals surface area contributed by atoms with Gasteiger partial charge in [0, 0.05) is 24.2 Å². The Morgan fingerprint density at radius 2 is 2.10 bits per heavy atom. The van der Waals surface area contributed by atoms with Gasteiger partial charge in [0.2, 0.25) is 5.91 Å². The molecule has 1 saturated carbocycles. The molecule has 10 heteroatoms. The Labute approximate surface area is 170 Å². The van der Waals surface area contributed by atoms with Crippen LogP contribution in [-0.2, 0) is 11.3 Å². The fourth-order valence-electron chi connectivity index (χ4n) is 2.94. The Balaban J connectivity index is 1.37. The van der Waals surface area contributed by atoms with Crippen LogP contribution < -0.4 is 5.32 Å². The summed E-state index contributed by atoms with van der Waals surface area (Å²) in [6, 6.07) is 9.84. The number of nitrogens with zero attached hydrogens (tertiary/aromatic N) is 4. The molecule has 1 aliphatic rings. The highest BCUT2D eigenvalue weighted by molar-refractivity contribution is 7.99. The Bertz CT molecular complexity index is 1010. The predicted octanol–water partition coefficient (Wildman–Crippen LogP) is 3.83. The number of rotatable bonds is 9. The topological polar surface area (TPSA) is 116 Å². The van der Waals surface area contributed by atoms with Gasteiger partial charge in [-0.2, -0.15) is 0 Å². The van der Waals surface area contributed by atoms with Gasteiger partial charge in [0.25, 0.3) is 5.69 Å². The minimum atomic E-state index is -0.513. The van der Waals surface area contributed by atoms with Gasteiger partial charge in [0.05, 0.1) is 17.7 Å². The quantitative estimate of drug-likeness (QED) is 0.322. The molecule has 0 radical (unpaired) electrons. The van der Waals surface area contributed by atoms with Crippen molar-refractivity contribution in [2.45, 2.75) is 36.9 Å². The summed E-state index contributed by atoms with van der Waals surface area (Å²) in [4.78, 5) is 22.8. The number of furan rings is 1. The van der Waals surface area contributed by atoms with Gasteiger partial charge >= 0.3 is 0 Å². The highest BCUT2D eigenvalue weighted by Crippen LogP contribution is 2.40. The van der Waals surface area contributed by atoms with E-state index in [9.17, 15) is 14.9 Å². The van der Waals surface area contributed by atoms with Crippen LogP contribution in [0.4, 0.5) is 11.4 Å². The lowest BCUT2D eigenvalue weighted by Crippen LogP contribution is -2.13. The summed E-state index contributed by atoms with van der Waals surface area (Å²) < 4.78 is 7.49. The molecule has 0 spiro atoms. The molecule has 0 bridgehead atoms. The van der Waals surface area contributed by atoms with Crippen LogP contribution in [0, 0.1) is 10.1 Å². The van der Waals surface area contributed by atoms with Crippen LogP contribution in [-0.4, -0.2) is 31.3 Å². The first-order valence-corrected chi connectivity index (χ1v) is 10.2. The van der Waals surface area contributed by atoms with E-state index in [1.807, 2.05) is 16.7 Å². The number of nitro benzene ring substituents is 1. The highest BCUT2D eigenvalue weighted by Gasteiger charge is 2.30. The molecule has 0 atom stereocenters. The molecule has 1 fully saturated rings. The van der Waals surface area contributed by atoms with Crippen molar-refractivity contribution in [1.29, 1.82) is 0 Å². The van der Waals surface area contributed by atoms with Crippen LogP contribution >= 0.6 is 11.8 Å². The van der Waals surface area contributed by atoms with Crippen molar-refractivity contribution in [2.24, 2.45) is 0 Å². The van der Waals surface area contributed by atoms with Crippen molar-refractivity contribution in [2.75, 3.05) is 11.1 Å². The van der Waals surface area contributed by atoms with Crippen molar-refractivity contribution in [3.05, 3.63) is 64.4 Å². The molecule has 3 aromatic rings. The third-order valence-electron chi connectivity index (χ3n) is 4.52. The number of anilines is 1. The number of hydrogen-bond donors (Lipinski definition) is 1. The number of carbonyl (C=O) groups is 1. The van der Waals surface area contributed by atoms with Crippen molar-refractivity contribution >= 4 is 29.0 Å². The first-order valence-electron chi connectivity index (χ1n) is 9.23. The van der Waals surface area contributed by atoms with Gasteiger partial charge in [-0.15, -0.1) is 10.2 Å². The van der Waals surface area contributed by atoms with Crippen molar-refractivity contribution in [1.82, 2.24) is 14.8 Å². The number of carbonyl (C=O) groups excluding carboxylic acids is 1. The van der Waals surface area contributed by atoms with Crippen molar-refractivity contribution in [3.63, 3.8) is 0 Å². The molecule has 1 amide bonds. The van der Waals surface area contributed by atoms with Gasteiger partial charge in [-0.1, -0.05) is 23.9 Å². The molecule has 1 aromatic carbocycles. The van der Waals surface area contributed by atoms with Crippen LogP contribution in [0.3, 0.4) is 0 Å². The summed E-state index contributed by atoms with van der Waals surface area (Å²) in [5.74, 6) is 2.41. The lowest BCUT2D eigenvalue weighted by Gasteiger charge is -2.08. The third-order valence-corrected chi connectivity index (χ3v) is 5.49. The number of nitro groups is 1. The second kappa shape index (κ2) is 8.48. The summed E-state index contributed by atoms with van der Waals surface area (Å²) in [6.45, 7) is 0.552. The van der Waals surface area contributed by atoms with Crippen LogP contribution in [0.5, 0.6) is 0 Å². The maximum atomic E-state index is 12.2. The number of aromatic nitrogens is 3. The van der Waals surface area contributed by atoms with E-state index in [2.05, 4.69) is 15.5 Å². The average Bonchev–Trinajstić information content (AvgIpc) is 3.27. The monoisotopic (exact) mass is 413 g/mol. The van der Waals surface area contributed by atoms with E-state index in [0.29, 0.717) is 18.2 Å². The zero-order chi connectivity index (χ0) is 20.2. The number of para-hydroxylation sites is 2. The predicted molar refractivity (Wildman–Crippen MR) is 107 cm³/mol. The molecule has 9 nitrogen and oxygen atoms in total. The fraction of sp³-hybridized carbons (Fsp3) is 0.316. The van der Waals surface area contributed by atoms with Crippen LogP contribution in [0.1, 0.15) is 36.8 Å². The van der Waals surface area contributed by atoms with Gasteiger partial charge in [0.1, 0.15) is 17.3 Å². The van der Waals surface area contributed by atoms with Crippen molar-refractivity contribution < 1.29 is 14.1 Å². The number of benzene rings is 1. The highest BCUT2D eigenvalue weighted by atomic mass is 32.2. The summed E-state index contributed by atoms with van der Waals surface area (Å²) in [7, 11) is 0. The largest absolute Gasteiger partial charge is 0.467 e. The van der Waals surface area contributed by atoms with Crippen LogP contribution in [0.15, 0.2) is 52.2 Å². The Kier molecular flexibility index (Phi) is 5.61. The van der Waals surface area contributed by atoms with Gasteiger partial charge in [-0.3, -0.25) is 19.5 Å². The third kappa shape index (κ3) is 4.65. The second-order valence-corrected chi connectivity index (χ2v) is 7.76. The molecule has 2 heterocycles. The molecule has 4 rings (SSSR count). The number of amides is 1. The smallest absolute Gasteiger partial charge is 0.292 e. The SMILES string of the molecule is O=C(CCSc1nnc(C2CC2)n1Cc1ccco1)Nc1ccccc1[N+](=O)[O-]. The minimum absolute atomic E-state index is 0.124. The summed E-state index contributed by atoms with van der Waals surface area (Å²) in [5, 5.41) is 23.0. The van der Waals surface area contributed by atoms with E-state index in [1.165, 1.54) is 23.9 Å². The number of nitrogens with one attached hydrogen (secondary N) is 1. The molecular weight excluding hydrogens is 394 g/mol. The number of thioether (sulfide) groups is 1. The summed E-state index contributed by atoms with van der Waals surface area (Å²) >= 11 is 1.44. The van der Waals surface area contributed by atoms with E-state index in [-0.39, 0.29) is 23.7 Å². The van der Waals surface area contributed by atoms with Gasteiger partial charge in [0.15, 0.2) is 5.16 Å². The normalized spacial score (nSPS) is 13.4. The van der Waals surface area contributed by atoms with Gasteiger partial charge in [-0.25, -0.2) is 0 Å². The molecule has 0 aliphatic heterocycles. The summed E-state index contributed by atoms with van der Waals surface area (Å²) in [5.41, 5.74) is 0.0743. The molecule has 150 valence electrons. The second-order valence-electron chi connectivity index (χ2n) is 6.70.